The average molecular weight is 760 g/mol. The smallest absolute Gasteiger partial charge is 0.410 e. The van der Waals surface area contributed by atoms with E-state index in [0.717, 1.165) is 4.90 Å². The third kappa shape index (κ3) is 8.88. The summed E-state index contributed by atoms with van der Waals surface area (Å²) >= 11 is 0. The summed E-state index contributed by atoms with van der Waals surface area (Å²) in [6.07, 6.45) is 0.153. The summed E-state index contributed by atoms with van der Waals surface area (Å²) in [7, 11) is -3.97. The van der Waals surface area contributed by atoms with Crippen molar-refractivity contribution < 1.29 is 51.0 Å². The van der Waals surface area contributed by atoms with Crippen LogP contribution >= 0.6 is 0 Å². The number of fused-ring (bicyclic) bond motifs is 1. The zero-order valence-electron chi connectivity index (χ0n) is 30.4. The topological polar surface area (TPSA) is 198 Å². The Balaban J connectivity index is 1.40. The van der Waals surface area contributed by atoms with E-state index in [2.05, 4.69) is 21.9 Å². The van der Waals surface area contributed by atoms with E-state index in [4.69, 9.17) is 9.47 Å². The molecule has 288 valence electrons. The SMILES string of the molecule is C=C[C@@H]1C[C@]1(NC(=O)C1C[C@@H](OC(=O)N2Cc3cccc(F)c3C2)CN1C(=O)[C@H](CC(=O)/C(C)=C/C)NC(=O)OC(C)(C)C)C(=O)NS(=O)(=O)C1CC1. The molecule has 2 heterocycles. The van der Waals surface area contributed by atoms with Gasteiger partial charge < -0.3 is 25.0 Å². The van der Waals surface area contributed by atoms with Gasteiger partial charge in [-0.3, -0.25) is 28.8 Å². The Kier molecular flexibility index (Phi) is 11.1. The molecule has 4 aliphatic rings. The van der Waals surface area contributed by atoms with Crippen molar-refractivity contribution in [3.63, 3.8) is 0 Å². The maximum atomic E-state index is 14.4. The van der Waals surface area contributed by atoms with Gasteiger partial charge >= 0.3 is 12.2 Å². The number of sulfonamides is 1. The van der Waals surface area contributed by atoms with E-state index < -0.39 is 98.4 Å². The number of carbonyl (C=O) groups excluding carboxylic acids is 6. The second-order valence-electron chi connectivity index (χ2n) is 15.0. The zero-order valence-corrected chi connectivity index (χ0v) is 31.2. The first-order chi connectivity index (χ1) is 24.8. The molecule has 17 heteroatoms. The maximum absolute atomic E-state index is 14.4. The highest BCUT2D eigenvalue weighted by atomic mass is 32.2. The normalized spacial score (nSPS) is 24.4. The van der Waals surface area contributed by atoms with Crippen LogP contribution in [0.4, 0.5) is 14.0 Å². The molecule has 53 heavy (non-hydrogen) atoms. The molecule has 5 atom stereocenters. The van der Waals surface area contributed by atoms with Crippen LogP contribution in [-0.2, 0) is 51.8 Å². The Bertz CT molecular complexity index is 1860. The van der Waals surface area contributed by atoms with E-state index in [-0.39, 0.29) is 32.5 Å². The Morgan fingerprint density at radius 2 is 1.83 bits per heavy atom. The van der Waals surface area contributed by atoms with Gasteiger partial charge in [0, 0.05) is 30.9 Å². The fraction of sp³-hybridized carbons (Fsp3) is 0.556. The fourth-order valence-electron chi connectivity index (χ4n) is 6.48. The molecule has 0 aromatic heterocycles. The number of benzene rings is 1. The number of hydrogen-bond donors (Lipinski definition) is 3. The van der Waals surface area contributed by atoms with E-state index in [1.165, 1.54) is 23.1 Å². The van der Waals surface area contributed by atoms with E-state index in [0.29, 0.717) is 29.5 Å². The van der Waals surface area contributed by atoms with Crippen LogP contribution in [0.1, 0.15) is 77.8 Å². The van der Waals surface area contributed by atoms with E-state index in [1.54, 1.807) is 46.8 Å². The van der Waals surface area contributed by atoms with Crippen molar-refractivity contribution in [2.45, 2.75) is 114 Å². The number of ether oxygens (including phenoxy) is 2. The maximum Gasteiger partial charge on any atom is 0.410 e. The van der Waals surface area contributed by atoms with Crippen molar-refractivity contribution in [2.24, 2.45) is 5.92 Å². The van der Waals surface area contributed by atoms with Crippen LogP contribution in [0.15, 0.2) is 42.5 Å². The van der Waals surface area contributed by atoms with Crippen LogP contribution in [-0.4, -0.2) is 95.0 Å². The lowest BCUT2D eigenvalue weighted by molar-refractivity contribution is -0.141. The van der Waals surface area contributed by atoms with Crippen molar-refractivity contribution in [1.82, 2.24) is 25.2 Å². The number of amides is 5. The summed E-state index contributed by atoms with van der Waals surface area (Å²) in [5.41, 5.74) is -1.37. The summed E-state index contributed by atoms with van der Waals surface area (Å²) in [6, 6.07) is 1.59. The van der Waals surface area contributed by atoms with Crippen molar-refractivity contribution in [1.29, 1.82) is 0 Å². The van der Waals surface area contributed by atoms with Gasteiger partial charge in [-0.1, -0.05) is 24.3 Å². The summed E-state index contributed by atoms with van der Waals surface area (Å²) in [4.78, 5) is 83.5. The predicted octanol–water partition coefficient (Wildman–Crippen LogP) is 2.74. The minimum atomic E-state index is -3.97. The highest BCUT2D eigenvalue weighted by Crippen LogP contribution is 2.45. The molecule has 1 aromatic carbocycles. The molecule has 1 unspecified atom stereocenters. The fourth-order valence-corrected chi connectivity index (χ4v) is 7.84. The number of nitrogens with one attached hydrogen (secondary N) is 3. The molecule has 15 nitrogen and oxygen atoms in total. The first-order valence-corrected chi connectivity index (χ1v) is 19.0. The molecule has 1 aromatic rings. The lowest BCUT2D eigenvalue weighted by atomic mass is 10.0. The minimum Gasteiger partial charge on any atom is -0.444 e. The third-order valence-electron chi connectivity index (χ3n) is 9.80. The predicted molar refractivity (Wildman–Crippen MR) is 188 cm³/mol. The standard InChI is InChI=1S/C36H46FN5O10S/c1-7-20(3)29(43)15-27(38-33(47)52-35(4,5)6)31(45)42-18-23(51-34(48)41-17-21-10-9-11-26(37)25(21)19-41)14-28(42)30(44)39-36(16-22(36)8-2)32(46)40-53(49,50)24-12-13-24/h7-11,22-24,27-28H,2,12-19H2,1,3-6H3,(H,38,47)(H,39,44)(H,40,46)/b20-7+/t22-,23-,27+,28?,36-/m1/s1. The molecular weight excluding hydrogens is 713 g/mol. The lowest BCUT2D eigenvalue weighted by Gasteiger charge is -2.30. The van der Waals surface area contributed by atoms with Crippen molar-refractivity contribution in [3.8, 4) is 0 Å². The van der Waals surface area contributed by atoms with Gasteiger partial charge in [0.15, 0.2) is 5.78 Å². The van der Waals surface area contributed by atoms with E-state index >= 15 is 0 Å². The molecule has 3 fully saturated rings. The number of nitrogens with zero attached hydrogens (tertiary/aromatic N) is 2. The second kappa shape index (κ2) is 14.9. The Morgan fingerprint density at radius 3 is 2.42 bits per heavy atom. The molecule has 2 saturated carbocycles. The molecule has 5 amide bonds. The first kappa shape index (κ1) is 39.4. The molecular formula is C36H46FN5O10S. The van der Waals surface area contributed by atoms with Crippen molar-refractivity contribution in [2.75, 3.05) is 6.54 Å². The van der Waals surface area contributed by atoms with Gasteiger partial charge in [0.1, 0.15) is 35.1 Å². The summed E-state index contributed by atoms with van der Waals surface area (Å²) in [6.45, 7) is 11.4. The molecule has 3 N–H and O–H groups in total. The molecule has 0 bridgehead atoms. The van der Waals surface area contributed by atoms with Gasteiger partial charge in [-0.2, -0.15) is 0 Å². The number of halogens is 1. The highest BCUT2D eigenvalue weighted by molar-refractivity contribution is 7.91. The van der Waals surface area contributed by atoms with Gasteiger partial charge in [-0.25, -0.2) is 22.4 Å². The van der Waals surface area contributed by atoms with Crippen molar-refractivity contribution >= 4 is 45.7 Å². The van der Waals surface area contributed by atoms with E-state index in [9.17, 15) is 41.6 Å². The number of likely N-dealkylation sites (tertiary alicyclic amines) is 1. The first-order valence-electron chi connectivity index (χ1n) is 17.5. The lowest BCUT2D eigenvalue weighted by Crippen LogP contribution is -2.58. The van der Waals surface area contributed by atoms with Crippen molar-refractivity contribution in [3.05, 3.63) is 59.4 Å². The highest BCUT2D eigenvalue weighted by Gasteiger charge is 2.62. The molecule has 5 rings (SSSR count). The number of alkyl carbamates (subject to hydrolysis) is 1. The quantitative estimate of drug-likeness (QED) is 0.211. The van der Waals surface area contributed by atoms with Gasteiger partial charge in [0.25, 0.3) is 5.91 Å². The van der Waals surface area contributed by atoms with Crippen LogP contribution in [0.3, 0.4) is 0 Å². The largest absolute Gasteiger partial charge is 0.444 e. The average Bonchev–Trinajstić information content (AvgIpc) is 3.97. The molecule has 2 aliphatic carbocycles. The van der Waals surface area contributed by atoms with Crippen LogP contribution < -0.4 is 15.4 Å². The van der Waals surface area contributed by atoms with Crippen LogP contribution in [0.5, 0.6) is 0 Å². The number of carbonyl (C=O) groups is 6. The Labute approximate surface area is 307 Å². The van der Waals surface area contributed by atoms with Gasteiger partial charge in [-0.05, 0) is 71.1 Å². The monoisotopic (exact) mass is 759 g/mol. The molecule has 2 aliphatic heterocycles. The zero-order chi connectivity index (χ0) is 39.0. The summed E-state index contributed by atoms with van der Waals surface area (Å²) in [5, 5.41) is 4.38. The number of ketones is 1. The minimum absolute atomic E-state index is 0.0410. The van der Waals surface area contributed by atoms with Crippen LogP contribution in [0.2, 0.25) is 0 Å². The molecule has 0 spiro atoms. The molecule has 0 radical (unpaired) electrons. The number of rotatable bonds is 12. The number of allylic oxidation sites excluding steroid dienone is 2. The van der Waals surface area contributed by atoms with Gasteiger partial charge in [0.05, 0.1) is 18.3 Å². The Morgan fingerprint density at radius 1 is 1.13 bits per heavy atom. The Hall–Kier alpha value is -4.80. The van der Waals surface area contributed by atoms with Gasteiger partial charge in [0.2, 0.25) is 21.8 Å². The van der Waals surface area contributed by atoms with Crippen LogP contribution in [0, 0.1) is 11.7 Å². The number of hydrogen-bond acceptors (Lipinski definition) is 10. The van der Waals surface area contributed by atoms with Gasteiger partial charge in [-0.15, -0.1) is 6.58 Å². The summed E-state index contributed by atoms with van der Waals surface area (Å²) < 4.78 is 52.9. The van der Waals surface area contributed by atoms with Crippen LogP contribution in [0.25, 0.3) is 0 Å². The summed E-state index contributed by atoms with van der Waals surface area (Å²) in [5.74, 6) is -4.24. The van der Waals surface area contributed by atoms with E-state index in [1.807, 2.05) is 0 Å². The third-order valence-corrected chi connectivity index (χ3v) is 11.6. The molecule has 1 saturated heterocycles. The number of Topliss-reactive ketones (excluding diaryl/α,β-unsaturated/α-hetero) is 1. The second-order valence-corrected chi connectivity index (χ2v) is 16.9.